The molecule has 1 amide bonds. The Morgan fingerprint density at radius 3 is 2.77 bits per heavy atom. The largest absolute Gasteiger partial charge is 0.383 e. The number of carbonyl (C=O) groups excluding carboxylic acids is 1. The zero-order valence-corrected chi connectivity index (χ0v) is 18.4. The standard InChI is InChI=1S/C22H29N3O5S/c1-29-12-10-24-31(27,28)21-9-5-8-19(14-21)22(26)23-15-20-17-25(11-13-30-20)16-18-6-3-2-4-7-18/h2-9,14,20,24H,10-13,15-17H2,1H3,(H,23,26). The first-order valence-electron chi connectivity index (χ1n) is 10.2. The van der Waals surface area contributed by atoms with Crippen LogP contribution in [0, 0.1) is 0 Å². The van der Waals surface area contributed by atoms with Crippen LogP contribution in [0.5, 0.6) is 0 Å². The van der Waals surface area contributed by atoms with Gasteiger partial charge in [0.2, 0.25) is 10.0 Å². The predicted molar refractivity (Wildman–Crippen MR) is 117 cm³/mol. The van der Waals surface area contributed by atoms with Gasteiger partial charge in [-0.2, -0.15) is 0 Å². The van der Waals surface area contributed by atoms with Crippen molar-refractivity contribution in [2.75, 3.05) is 46.5 Å². The first-order chi connectivity index (χ1) is 15.0. The molecule has 0 spiro atoms. The van der Waals surface area contributed by atoms with Crippen LogP contribution in [0.1, 0.15) is 15.9 Å². The van der Waals surface area contributed by atoms with E-state index in [-0.39, 0.29) is 35.6 Å². The molecule has 0 radical (unpaired) electrons. The van der Waals surface area contributed by atoms with Gasteiger partial charge in [-0.15, -0.1) is 0 Å². The molecule has 0 bridgehead atoms. The van der Waals surface area contributed by atoms with Crippen molar-refractivity contribution < 1.29 is 22.7 Å². The van der Waals surface area contributed by atoms with Crippen molar-refractivity contribution in [2.24, 2.45) is 0 Å². The molecular weight excluding hydrogens is 418 g/mol. The number of hydrogen-bond donors (Lipinski definition) is 2. The molecule has 1 aliphatic heterocycles. The van der Waals surface area contributed by atoms with Crippen LogP contribution in [0.2, 0.25) is 0 Å². The van der Waals surface area contributed by atoms with Crippen molar-refractivity contribution in [1.82, 2.24) is 14.9 Å². The third-order valence-corrected chi connectivity index (χ3v) is 6.43. The molecule has 9 heteroatoms. The first kappa shape index (κ1) is 23.4. The Hall–Kier alpha value is -2.30. The summed E-state index contributed by atoms with van der Waals surface area (Å²) in [6, 6.07) is 16.2. The summed E-state index contributed by atoms with van der Waals surface area (Å²) in [5.74, 6) is -0.335. The highest BCUT2D eigenvalue weighted by molar-refractivity contribution is 7.89. The first-order valence-corrected chi connectivity index (χ1v) is 11.7. The minimum atomic E-state index is -3.70. The van der Waals surface area contributed by atoms with Gasteiger partial charge in [0.05, 0.1) is 24.2 Å². The van der Waals surface area contributed by atoms with Crippen molar-refractivity contribution in [3.05, 3.63) is 65.7 Å². The van der Waals surface area contributed by atoms with Crippen molar-refractivity contribution >= 4 is 15.9 Å². The molecule has 2 aromatic carbocycles. The topological polar surface area (TPSA) is 97.0 Å². The Labute approximate surface area is 183 Å². The maximum absolute atomic E-state index is 12.6. The van der Waals surface area contributed by atoms with Crippen LogP contribution < -0.4 is 10.0 Å². The second kappa shape index (κ2) is 11.4. The van der Waals surface area contributed by atoms with Crippen molar-refractivity contribution in [3.8, 4) is 0 Å². The molecule has 31 heavy (non-hydrogen) atoms. The average molecular weight is 448 g/mol. The molecule has 2 N–H and O–H groups in total. The fourth-order valence-corrected chi connectivity index (χ4v) is 4.42. The highest BCUT2D eigenvalue weighted by Gasteiger charge is 2.22. The van der Waals surface area contributed by atoms with Gasteiger partial charge in [0, 0.05) is 45.4 Å². The number of methoxy groups -OCH3 is 1. The Kier molecular flexibility index (Phi) is 8.56. The summed E-state index contributed by atoms with van der Waals surface area (Å²) in [6.07, 6.45) is -0.121. The number of sulfonamides is 1. The number of amides is 1. The molecule has 0 aliphatic carbocycles. The molecule has 1 unspecified atom stereocenters. The molecule has 3 rings (SSSR count). The molecule has 1 aliphatic rings. The van der Waals surface area contributed by atoms with Gasteiger partial charge in [0.15, 0.2) is 0 Å². The SMILES string of the molecule is COCCNS(=O)(=O)c1cccc(C(=O)NCC2CN(Cc3ccccc3)CCO2)c1. The van der Waals surface area contributed by atoms with Crippen LogP contribution in [0.15, 0.2) is 59.5 Å². The summed E-state index contributed by atoms with van der Waals surface area (Å²) in [4.78, 5) is 14.9. The van der Waals surface area contributed by atoms with Crippen molar-refractivity contribution in [2.45, 2.75) is 17.5 Å². The van der Waals surface area contributed by atoms with E-state index in [0.717, 1.165) is 13.1 Å². The highest BCUT2D eigenvalue weighted by Crippen LogP contribution is 2.13. The molecule has 1 atom stereocenters. The molecule has 0 saturated carbocycles. The average Bonchev–Trinajstić information content (AvgIpc) is 2.78. The van der Waals surface area contributed by atoms with E-state index < -0.39 is 10.0 Å². The van der Waals surface area contributed by atoms with Gasteiger partial charge in [-0.1, -0.05) is 36.4 Å². The Morgan fingerprint density at radius 2 is 2.00 bits per heavy atom. The van der Waals surface area contributed by atoms with Crippen LogP contribution in [-0.2, 0) is 26.0 Å². The summed E-state index contributed by atoms with van der Waals surface area (Å²) in [7, 11) is -2.21. The Morgan fingerprint density at radius 1 is 1.19 bits per heavy atom. The normalized spacial score (nSPS) is 17.4. The minimum absolute atomic E-state index is 0.0409. The van der Waals surface area contributed by atoms with Crippen molar-refractivity contribution in [1.29, 1.82) is 0 Å². The monoisotopic (exact) mass is 447 g/mol. The molecular formula is C22H29N3O5S. The van der Waals surface area contributed by atoms with E-state index in [0.29, 0.717) is 19.7 Å². The van der Waals surface area contributed by atoms with Crippen LogP contribution in [-0.4, -0.2) is 71.8 Å². The number of morpholine rings is 1. The zero-order chi connectivity index (χ0) is 22.1. The molecule has 1 fully saturated rings. The summed E-state index contributed by atoms with van der Waals surface area (Å²) in [6.45, 7) is 3.78. The lowest BCUT2D eigenvalue weighted by atomic mass is 10.2. The van der Waals surface area contributed by atoms with Crippen LogP contribution in [0.25, 0.3) is 0 Å². The second-order valence-corrected chi connectivity index (χ2v) is 9.11. The molecule has 8 nitrogen and oxygen atoms in total. The number of ether oxygens (including phenoxy) is 2. The lowest BCUT2D eigenvalue weighted by Crippen LogP contribution is -2.47. The lowest BCUT2D eigenvalue weighted by molar-refractivity contribution is -0.0292. The second-order valence-electron chi connectivity index (χ2n) is 7.34. The molecule has 1 saturated heterocycles. The zero-order valence-electron chi connectivity index (χ0n) is 17.6. The number of hydrogen-bond acceptors (Lipinski definition) is 6. The molecule has 2 aromatic rings. The quantitative estimate of drug-likeness (QED) is 0.532. The Balaban J connectivity index is 1.53. The summed E-state index contributed by atoms with van der Waals surface area (Å²) >= 11 is 0. The van der Waals surface area contributed by atoms with E-state index in [9.17, 15) is 13.2 Å². The molecule has 168 valence electrons. The van der Waals surface area contributed by atoms with Gasteiger partial charge in [-0.3, -0.25) is 9.69 Å². The number of nitrogens with one attached hydrogen (secondary N) is 2. The van der Waals surface area contributed by atoms with Gasteiger partial charge in [-0.05, 0) is 23.8 Å². The van der Waals surface area contributed by atoms with E-state index in [2.05, 4.69) is 27.1 Å². The fraction of sp³-hybridized carbons (Fsp3) is 0.409. The van der Waals surface area contributed by atoms with E-state index >= 15 is 0 Å². The number of carbonyl (C=O) groups is 1. The number of rotatable bonds is 10. The number of nitrogens with zero attached hydrogens (tertiary/aromatic N) is 1. The van der Waals surface area contributed by atoms with Gasteiger partial charge in [0.25, 0.3) is 5.91 Å². The van der Waals surface area contributed by atoms with E-state index in [1.165, 1.54) is 24.8 Å². The molecule has 0 aromatic heterocycles. The van der Waals surface area contributed by atoms with Gasteiger partial charge < -0.3 is 14.8 Å². The summed E-state index contributed by atoms with van der Waals surface area (Å²) in [5, 5.41) is 2.86. The van der Waals surface area contributed by atoms with E-state index in [1.54, 1.807) is 12.1 Å². The lowest BCUT2D eigenvalue weighted by Gasteiger charge is -2.33. The smallest absolute Gasteiger partial charge is 0.251 e. The maximum Gasteiger partial charge on any atom is 0.251 e. The van der Waals surface area contributed by atoms with Gasteiger partial charge in [-0.25, -0.2) is 13.1 Å². The van der Waals surface area contributed by atoms with Crippen LogP contribution in [0.3, 0.4) is 0 Å². The van der Waals surface area contributed by atoms with Gasteiger partial charge >= 0.3 is 0 Å². The highest BCUT2D eigenvalue weighted by atomic mass is 32.2. The maximum atomic E-state index is 12.6. The Bertz CT molecular complexity index is 953. The number of benzene rings is 2. The third kappa shape index (κ3) is 7.12. The summed E-state index contributed by atoms with van der Waals surface area (Å²) in [5.41, 5.74) is 1.52. The van der Waals surface area contributed by atoms with E-state index in [4.69, 9.17) is 9.47 Å². The predicted octanol–water partition coefficient (Wildman–Crippen LogP) is 1.24. The van der Waals surface area contributed by atoms with Crippen LogP contribution >= 0.6 is 0 Å². The van der Waals surface area contributed by atoms with Crippen molar-refractivity contribution in [3.63, 3.8) is 0 Å². The third-order valence-electron chi connectivity index (χ3n) is 4.97. The summed E-state index contributed by atoms with van der Waals surface area (Å²) < 4.78 is 37.8. The molecule has 1 heterocycles. The fourth-order valence-electron chi connectivity index (χ4n) is 3.36. The van der Waals surface area contributed by atoms with Crippen LogP contribution in [0.4, 0.5) is 0 Å². The van der Waals surface area contributed by atoms with E-state index in [1.807, 2.05) is 18.2 Å². The minimum Gasteiger partial charge on any atom is -0.383 e. The van der Waals surface area contributed by atoms with Gasteiger partial charge in [0.1, 0.15) is 0 Å².